The highest BCUT2D eigenvalue weighted by Crippen LogP contribution is 2.36. The molecule has 0 radical (unpaired) electrons. The molecule has 0 atom stereocenters. The third-order valence-corrected chi connectivity index (χ3v) is 6.95. The van der Waals surface area contributed by atoms with Crippen LogP contribution in [0.15, 0.2) is 116 Å². The SMILES string of the molecule is c1ccc(-n2c3ccccc3c3cc(-n4c5ccccc5c5nc6cnccn6c54)ccc32)cc1. The summed E-state index contributed by atoms with van der Waals surface area (Å²) in [6.45, 7) is 0. The topological polar surface area (TPSA) is 40.0 Å². The fraction of sp³-hybridized carbons (Fsp3) is 0. The van der Waals surface area contributed by atoms with Gasteiger partial charge in [0.25, 0.3) is 0 Å². The van der Waals surface area contributed by atoms with Crippen LogP contribution in [0.3, 0.4) is 0 Å². The molecule has 0 saturated carbocycles. The van der Waals surface area contributed by atoms with Gasteiger partial charge in [-0.1, -0.05) is 54.6 Å². The van der Waals surface area contributed by atoms with Crippen molar-refractivity contribution in [2.24, 2.45) is 0 Å². The standard InChI is InChI=1S/C30H19N5/c1-2-8-20(9-3-1)34-25-12-6-4-10-22(25)24-18-21(14-15-27(24)34)35-26-13-7-5-11-23(26)29-30(35)33-17-16-31-19-28(33)32-29/h1-19H. The van der Waals surface area contributed by atoms with Crippen molar-refractivity contribution >= 4 is 49.5 Å². The third kappa shape index (κ3) is 2.47. The fourth-order valence-corrected chi connectivity index (χ4v) is 5.49. The van der Waals surface area contributed by atoms with Gasteiger partial charge in [-0.2, -0.15) is 0 Å². The van der Waals surface area contributed by atoms with Crippen molar-refractivity contribution in [1.29, 1.82) is 0 Å². The largest absolute Gasteiger partial charge is 0.309 e. The Morgan fingerprint density at radius 2 is 1.29 bits per heavy atom. The minimum Gasteiger partial charge on any atom is -0.309 e. The van der Waals surface area contributed by atoms with Gasteiger partial charge < -0.3 is 4.57 Å². The lowest BCUT2D eigenvalue weighted by Crippen LogP contribution is -1.98. The molecule has 0 aliphatic carbocycles. The number of rotatable bonds is 2. The molecular formula is C30H19N5. The predicted molar refractivity (Wildman–Crippen MR) is 142 cm³/mol. The maximum absolute atomic E-state index is 4.92. The zero-order chi connectivity index (χ0) is 22.9. The van der Waals surface area contributed by atoms with E-state index in [0.29, 0.717) is 0 Å². The maximum Gasteiger partial charge on any atom is 0.157 e. The number of hydrogen-bond acceptors (Lipinski definition) is 2. The molecule has 164 valence electrons. The molecule has 4 aromatic carbocycles. The van der Waals surface area contributed by atoms with Crippen molar-refractivity contribution in [3.8, 4) is 11.4 Å². The Morgan fingerprint density at radius 1 is 0.571 bits per heavy atom. The number of para-hydroxylation sites is 3. The smallest absolute Gasteiger partial charge is 0.157 e. The molecule has 35 heavy (non-hydrogen) atoms. The summed E-state index contributed by atoms with van der Waals surface area (Å²) in [5, 5.41) is 3.60. The number of hydrogen-bond donors (Lipinski definition) is 0. The van der Waals surface area contributed by atoms with Crippen LogP contribution in [0.5, 0.6) is 0 Å². The molecule has 4 heterocycles. The maximum atomic E-state index is 4.92. The average molecular weight is 450 g/mol. The normalized spacial score (nSPS) is 12.0. The van der Waals surface area contributed by atoms with Crippen molar-refractivity contribution in [3.63, 3.8) is 0 Å². The second kappa shape index (κ2) is 6.81. The Kier molecular flexibility index (Phi) is 3.60. The van der Waals surface area contributed by atoms with E-state index < -0.39 is 0 Å². The van der Waals surface area contributed by atoms with E-state index in [9.17, 15) is 0 Å². The molecule has 8 rings (SSSR count). The third-order valence-electron chi connectivity index (χ3n) is 6.95. The van der Waals surface area contributed by atoms with E-state index in [0.717, 1.165) is 39.1 Å². The second-order valence-electron chi connectivity index (χ2n) is 8.83. The van der Waals surface area contributed by atoms with E-state index in [1.165, 1.54) is 21.8 Å². The van der Waals surface area contributed by atoms with Crippen molar-refractivity contribution in [2.75, 3.05) is 0 Å². The highest BCUT2D eigenvalue weighted by molar-refractivity contribution is 6.11. The van der Waals surface area contributed by atoms with E-state index in [1.807, 2.05) is 18.6 Å². The molecule has 0 bridgehead atoms. The van der Waals surface area contributed by atoms with Crippen molar-refractivity contribution in [1.82, 2.24) is 23.5 Å². The zero-order valence-electron chi connectivity index (χ0n) is 18.7. The molecule has 0 aliphatic rings. The first kappa shape index (κ1) is 18.5. The Hall–Kier alpha value is -4.90. The molecule has 0 saturated heterocycles. The summed E-state index contributed by atoms with van der Waals surface area (Å²) in [6.07, 6.45) is 5.61. The quantitative estimate of drug-likeness (QED) is 0.287. The summed E-state index contributed by atoms with van der Waals surface area (Å²) in [7, 11) is 0. The average Bonchev–Trinajstić information content (AvgIpc) is 3.56. The van der Waals surface area contributed by atoms with Crippen LogP contribution in [0.25, 0.3) is 60.9 Å². The summed E-state index contributed by atoms with van der Waals surface area (Å²) < 4.78 is 6.79. The molecule has 8 aromatic rings. The molecule has 5 heteroatoms. The predicted octanol–water partition coefficient (Wildman–Crippen LogP) is 6.92. The van der Waals surface area contributed by atoms with Gasteiger partial charge in [0.2, 0.25) is 0 Å². The molecule has 0 spiro atoms. The number of benzene rings is 4. The lowest BCUT2D eigenvalue weighted by atomic mass is 10.1. The van der Waals surface area contributed by atoms with Gasteiger partial charge in [0, 0.05) is 39.9 Å². The molecule has 4 aromatic heterocycles. The fourth-order valence-electron chi connectivity index (χ4n) is 5.49. The lowest BCUT2D eigenvalue weighted by Gasteiger charge is -2.10. The van der Waals surface area contributed by atoms with Gasteiger partial charge in [-0.05, 0) is 42.5 Å². The molecule has 0 aliphatic heterocycles. The van der Waals surface area contributed by atoms with Crippen LogP contribution in [0, 0.1) is 0 Å². The number of imidazole rings is 1. The second-order valence-corrected chi connectivity index (χ2v) is 8.83. The summed E-state index contributed by atoms with van der Waals surface area (Å²) in [5.74, 6) is 0. The van der Waals surface area contributed by atoms with Gasteiger partial charge >= 0.3 is 0 Å². The van der Waals surface area contributed by atoms with E-state index >= 15 is 0 Å². The van der Waals surface area contributed by atoms with E-state index in [4.69, 9.17) is 4.98 Å². The van der Waals surface area contributed by atoms with Crippen LogP contribution in [0.2, 0.25) is 0 Å². The van der Waals surface area contributed by atoms with Gasteiger partial charge in [0.1, 0.15) is 5.52 Å². The minimum absolute atomic E-state index is 0.846. The highest BCUT2D eigenvalue weighted by Gasteiger charge is 2.19. The summed E-state index contributed by atoms with van der Waals surface area (Å²) >= 11 is 0. The molecule has 0 unspecified atom stereocenters. The van der Waals surface area contributed by atoms with Crippen molar-refractivity contribution in [2.45, 2.75) is 0 Å². The molecule has 0 fully saturated rings. The number of aromatic nitrogens is 5. The van der Waals surface area contributed by atoms with Crippen LogP contribution in [0.1, 0.15) is 0 Å². The molecular weight excluding hydrogens is 430 g/mol. The van der Waals surface area contributed by atoms with Gasteiger partial charge in [-0.25, -0.2) is 4.98 Å². The summed E-state index contributed by atoms with van der Waals surface area (Å²) in [6, 6.07) is 34.4. The van der Waals surface area contributed by atoms with Crippen LogP contribution in [-0.2, 0) is 0 Å². The van der Waals surface area contributed by atoms with Gasteiger partial charge in [-0.15, -0.1) is 0 Å². The van der Waals surface area contributed by atoms with Crippen LogP contribution in [-0.4, -0.2) is 23.5 Å². The Balaban J connectivity index is 1.51. The van der Waals surface area contributed by atoms with Crippen LogP contribution >= 0.6 is 0 Å². The minimum atomic E-state index is 0.846. The Morgan fingerprint density at radius 3 is 2.14 bits per heavy atom. The van der Waals surface area contributed by atoms with Gasteiger partial charge in [-0.3, -0.25) is 14.0 Å². The monoisotopic (exact) mass is 449 g/mol. The molecule has 0 N–H and O–H groups in total. The van der Waals surface area contributed by atoms with Crippen molar-refractivity contribution in [3.05, 3.63) is 116 Å². The number of fused-ring (bicyclic) bond motifs is 8. The first-order chi connectivity index (χ1) is 17.4. The Labute approximate surface area is 200 Å². The first-order valence-electron chi connectivity index (χ1n) is 11.7. The van der Waals surface area contributed by atoms with Gasteiger partial charge in [0.15, 0.2) is 11.3 Å². The van der Waals surface area contributed by atoms with E-state index in [2.05, 4.69) is 116 Å². The van der Waals surface area contributed by atoms with Crippen molar-refractivity contribution < 1.29 is 0 Å². The van der Waals surface area contributed by atoms with Crippen LogP contribution < -0.4 is 0 Å². The highest BCUT2D eigenvalue weighted by atomic mass is 15.2. The summed E-state index contributed by atoms with van der Waals surface area (Å²) in [4.78, 5) is 9.20. The summed E-state index contributed by atoms with van der Waals surface area (Å²) in [5.41, 5.74) is 8.69. The molecule has 0 amide bonds. The molecule has 5 nitrogen and oxygen atoms in total. The van der Waals surface area contributed by atoms with E-state index in [-0.39, 0.29) is 0 Å². The first-order valence-corrected chi connectivity index (χ1v) is 11.7. The van der Waals surface area contributed by atoms with Gasteiger partial charge in [0.05, 0.1) is 22.7 Å². The number of nitrogens with zero attached hydrogens (tertiary/aromatic N) is 5. The Bertz CT molecular complexity index is 2050. The lowest BCUT2D eigenvalue weighted by molar-refractivity contribution is 1.08. The van der Waals surface area contributed by atoms with E-state index in [1.54, 1.807) is 0 Å². The zero-order valence-corrected chi connectivity index (χ0v) is 18.7. The van der Waals surface area contributed by atoms with Crippen LogP contribution in [0.4, 0.5) is 0 Å².